The maximum atomic E-state index is 5.45. The predicted octanol–water partition coefficient (Wildman–Crippen LogP) is 0.355. The molecule has 0 amide bonds. The van der Waals surface area contributed by atoms with E-state index in [0.29, 0.717) is 5.88 Å². The normalized spacial score (nSPS) is 10.3. The number of aromatic nitrogens is 2. The Morgan fingerprint density at radius 3 is 2.75 bits per heavy atom. The maximum absolute atomic E-state index is 5.45. The molecule has 0 aliphatic heterocycles. The Balaban J connectivity index is 1.91. The summed E-state index contributed by atoms with van der Waals surface area (Å²) in [5, 5.41) is 5.71. The summed E-state index contributed by atoms with van der Waals surface area (Å²) in [6, 6.07) is 10.3. The van der Waals surface area contributed by atoms with Crippen LogP contribution in [0.2, 0.25) is 0 Å². The van der Waals surface area contributed by atoms with E-state index in [2.05, 4.69) is 17.4 Å². The number of benzene rings is 1. The molecule has 16 heavy (non-hydrogen) atoms. The molecule has 1 heterocycles. The molecule has 0 atom stereocenters. The van der Waals surface area contributed by atoms with Crippen LogP contribution in [-0.2, 0) is 6.42 Å². The third-order valence-electron chi connectivity index (χ3n) is 2.39. The van der Waals surface area contributed by atoms with Crippen LogP contribution < -0.4 is 15.5 Å². The summed E-state index contributed by atoms with van der Waals surface area (Å²) in [4.78, 5) is 1.60. The van der Waals surface area contributed by atoms with Crippen LogP contribution in [0.4, 0.5) is 5.88 Å². The Hall–Kier alpha value is -2.04. The van der Waals surface area contributed by atoms with E-state index in [9.17, 15) is 0 Å². The quantitative estimate of drug-likeness (QED) is 0.754. The molecule has 0 fully saturated rings. The lowest BCUT2D eigenvalue weighted by Crippen LogP contribution is -2.57. The number of anilines is 1. The van der Waals surface area contributed by atoms with Crippen LogP contribution in [0.5, 0.6) is 0 Å². The Bertz CT molecular complexity index is 440. The third-order valence-corrected chi connectivity index (χ3v) is 2.39. The SMILES string of the molecule is CN(CCc1ccccc1)[n+]1cc(N)on1. The second-order valence-corrected chi connectivity index (χ2v) is 3.64. The third kappa shape index (κ3) is 2.50. The van der Waals surface area contributed by atoms with Crippen LogP contribution in [-0.4, -0.2) is 18.9 Å². The molecule has 84 valence electrons. The van der Waals surface area contributed by atoms with Crippen molar-refractivity contribution in [2.24, 2.45) is 0 Å². The van der Waals surface area contributed by atoms with Crippen molar-refractivity contribution in [1.82, 2.24) is 5.27 Å². The molecule has 0 aliphatic carbocycles. The van der Waals surface area contributed by atoms with Crippen molar-refractivity contribution < 1.29 is 9.31 Å². The highest BCUT2D eigenvalue weighted by molar-refractivity contribution is 5.15. The first kappa shape index (κ1) is 10.5. The molecule has 2 N–H and O–H groups in total. The van der Waals surface area contributed by atoms with E-state index in [0.717, 1.165) is 13.0 Å². The molecule has 0 unspecified atom stereocenters. The van der Waals surface area contributed by atoms with E-state index in [1.807, 2.05) is 30.3 Å². The molecule has 5 nitrogen and oxygen atoms in total. The minimum absolute atomic E-state index is 0.312. The number of nitrogens with two attached hydrogens (primary N) is 1. The largest absolute Gasteiger partial charge is 0.362 e. The second kappa shape index (κ2) is 4.65. The smallest absolute Gasteiger partial charge is 0.296 e. The molecular formula is C11H15N4O+. The van der Waals surface area contributed by atoms with Crippen LogP contribution in [0.3, 0.4) is 0 Å². The number of hydrogen-bond acceptors (Lipinski definition) is 4. The minimum Gasteiger partial charge on any atom is -0.362 e. The fourth-order valence-corrected chi connectivity index (χ4v) is 1.45. The highest BCUT2D eigenvalue weighted by atomic mass is 16.5. The van der Waals surface area contributed by atoms with Gasteiger partial charge in [0.25, 0.3) is 12.1 Å². The molecule has 0 bridgehead atoms. The molecule has 0 saturated carbocycles. The summed E-state index contributed by atoms with van der Waals surface area (Å²) in [6.45, 7) is 0.848. The maximum Gasteiger partial charge on any atom is 0.296 e. The number of rotatable bonds is 4. The van der Waals surface area contributed by atoms with Gasteiger partial charge in [0, 0.05) is 0 Å². The van der Waals surface area contributed by atoms with Crippen molar-refractivity contribution in [2.45, 2.75) is 6.42 Å². The van der Waals surface area contributed by atoms with Crippen LogP contribution in [0.1, 0.15) is 5.56 Å². The Kier molecular flexibility index (Phi) is 3.05. The molecule has 0 radical (unpaired) electrons. The summed E-state index contributed by atoms with van der Waals surface area (Å²) < 4.78 is 4.79. The van der Waals surface area contributed by atoms with E-state index in [-0.39, 0.29) is 0 Å². The van der Waals surface area contributed by atoms with Gasteiger partial charge in [0.05, 0.1) is 18.4 Å². The van der Waals surface area contributed by atoms with E-state index < -0.39 is 0 Å². The van der Waals surface area contributed by atoms with Gasteiger partial charge in [-0.2, -0.15) is 5.01 Å². The second-order valence-electron chi connectivity index (χ2n) is 3.64. The summed E-state index contributed by atoms with van der Waals surface area (Å²) in [6.07, 6.45) is 2.60. The fourth-order valence-electron chi connectivity index (χ4n) is 1.45. The van der Waals surface area contributed by atoms with E-state index >= 15 is 0 Å². The van der Waals surface area contributed by atoms with Gasteiger partial charge in [0.1, 0.15) is 0 Å². The zero-order valence-electron chi connectivity index (χ0n) is 9.21. The number of nitrogens with zero attached hydrogens (tertiary/aromatic N) is 3. The van der Waals surface area contributed by atoms with Gasteiger partial charge in [-0.1, -0.05) is 30.3 Å². The van der Waals surface area contributed by atoms with Gasteiger partial charge < -0.3 is 5.73 Å². The van der Waals surface area contributed by atoms with Gasteiger partial charge in [-0.25, -0.2) is 0 Å². The summed E-state index contributed by atoms with van der Waals surface area (Å²) in [7, 11) is 1.94. The first-order valence-corrected chi connectivity index (χ1v) is 5.15. The van der Waals surface area contributed by atoms with E-state index in [1.54, 1.807) is 11.0 Å². The molecule has 0 saturated heterocycles. The van der Waals surface area contributed by atoms with Crippen LogP contribution >= 0.6 is 0 Å². The zero-order chi connectivity index (χ0) is 11.4. The van der Waals surface area contributed by atoms with Gasteiger partial charge in [-0.3, -0.25) is 4.52 Å². The highest BCUT2D eigenvalue weighted by Gasteiger charge is 2.14. The number of hydrogen-bond donors (Lipinski definition) is 1. The first-order chi connectivity index (χ1) is 7.75. The van der Waals surface area contributed by atoms with Gasteiger partial charge in [-0.15, -0.1) is 0 Å². The van der Waals surface area contributed by atoms with Gasteiger partial charge in [-0.05, 0) is 12.0 Å². The molecule has 1 aromatic carbocycles. The lowest BCUT2D eigenvalue weighted by molar-refractivity contribution is -0.755. The van der Waals surface area contributed by atoms with Crippen molar-refractivity contribution in [2.75, 3.05) is 24.3 Å². The van der Waals surface area contributed by atoms with Gasteiger partial charge in [0.15, 0.2) is 0 Å². The summed E-state index contributed by atoms with van der Waals surface area (Å²) in [5.74, 6) is 0.312. The Labute approximate surface area is 94.0 Å². The van der Waals surface area contributed by atoms with Crippen molar-refractivity contribution in [3.63, 3.8) is 0 Å². The van der Waals surface area contributed by atoms with E-state index in [4.69, 9.17) is 10.3 Å². The molecule has 1 aromatic heterocycles. The Morgan fingerprint density at radius 2 is 2.12 bits per heavy atom. The monoisotopic (exact) mass is 219 g/mol. The van der Waals surface area contributed by atoms with Crippen LogP contribution in [0.25, 0.3) is 0 Å². The average molecular weight is 219 g/mol. The molecule has 0 aliphatic rings. The van der Waals surface area contributed by atoms with E-state index in [1.165, 1.54) is 5.56 Å². The number of nitrogen functional groups attached to an aromatic ring is 1. The zero-order valence-corrected chi connectivity index (χ0v) is 9.21. The molecular weight excluding hydrogens is 204 g/mol. The van der Waals surface area contributed by atoms with Gasteiger partial charge in [0.2, 0.25) is 5.27 Å². The van der Waals surface area contributed by atoms with Crippen molar-refractivity contribution in [3.05, 3.63) is 42.1 Å². The van der Waals surface area contributed by atoms with Crippen molar-refractivity contribution >= 4 is 5.88 Å². The Morgan fingerprint density at radius 1 is 1.38 bits per heavy atom. The standard InChI is InChI=1S/C11H15N4O/c1-14(15-9-11(12)16-13-15)8-7-10-5-3-2-4-6-10/h2-6,9H,7-8,12H2,1H3/q+1. The fraction of sp³-hybridized carbons (Fsp3) is 0.273. The van der Waals surface area contributed by atoms with Crippen molar-refractivity contribution in [1.29, 1.82) is 0 Å². The van der Waals surface area contributed by atoms with Crippen LogP contribution in [0, 0.1) is 0 Å². The molecule has 2 rings (SSSR count). The topological polar surface area (TPSA) is 59.2 Å². The summed E-state index contributed by atoms with van der Waals surface area (Å²) in [5.41, 5.74) is 6.74. The molecule has 5 heteroatoms. The minimum atomic E-state index is 0.312. The highest BCUT2D eigenvalue weighted by Crippen LogP contribution is 1.99. The molecule has 2 aromatic rings. The van der Waals surface area contributed by atoms with Crippen molar-refractivity contribution in [3.8, 4) is 0 Å². The van der Waals surface area contributed by atoms with Gasteiger partial charge >= 0.3 is 0 Å². The average Bonchev–Trinajstić information content (AvgIpc) is 2.74. The van der Waals surface area contributed by atoms with Crippen LogP contribution in [0.15, 0.2) is 41.1 Å². The number of likely N-dealkylation sites (N-methyl/N-ethyl adjacent to an activating group) is 1. The lowest BCUT2D eigenvalue weighted by Gasteiger charge is -2.06. The molecule has 0 spiro atoms. The lowest BCUT2D eigenvalue weighted by atomic mass is 10.1. The summed E-state index contributed by atoms with van der Waals surface area (Å²) >= 11 is 0. The predicted molar refractivity (Wildman–Crippen MR) is 60.3 cm³/mol. The first-order valence-electron chi connectivity index (χ1n) is 5.15.